The molecule has 0 saturated heterocycles. The van der Waals surface area contributed by atoms with Gasteiger partial charge < -0.3 is 5.11 Å². The SMILES string of the molecule is CC(C)C(CC(=O)O)n1nnnc1-c1ccc(Br)cc1Br. The van der Waals surface area contributed by atoms with Gasteiger partial charge in [-0.3, -0.25) is 4.79 Å². The molecule has 1 unspecified atom stereocenters. The van der Waals surface area contributed by atoms with Gasteiger partial charge in [0.25, 0.3) is 0 Å². The van der Waals surface area contributed by atoms with E-state index in [1.165, 1.54) is 0 Å². The highest BCUT2D eigenvalue weighted by Crippen LogP contribution is 2.32. The predicted molar refractivity (Wildman–Crippen MR) is 84.8 cm³/mol. The van der Waals surface area contributed by atoms with Gasteiger partial charge in [-0.25, -0.2) is 4.68 Å². The molecular weight excluding hydrogens is 404 g/mol. The Morgan fingerprint density at radius 3 is 2.67 bits per heavy atom. The van der Waals surface area contributed by atoms with Crippen LogP contribution in [0.5, 0.6) is 0 Å². The van der Waals surface area contributed by atoms with Crippen molar-refractivity contribution in [2.24, 2.45) is 5.92 Å². The van der Waals surface area contributed by atoms with E-state index in [-0.39, 0.29) is 18.4 Å². The molecule has 21 heavy (non-hydrogen) atoms. The Morgan fingerprint density at radius 1 is 1.38 bits per heavy atom. The van der Waals surface area contributed by atoms with Gasteiger partial charge in [-0.05, 0) is 50.5 Å². The van der Waals surface area contributed by atoms with Crippen molar-refractivity contribution in [3.8, 4) is 11.4 Å². The van der Waals surface area contributed by atoms with Crippen LogP contribution in [0.3, 0.4) is 0 Å². The van der Waals surface area contributed by atoms with Gasteiger partial charge in [0.15, 0.2) is 5.82 Å². The summed E-state index contributed by atoms with van der Waals surface area (Å²) in [5.41, 5.74) is 0.819. The van der Waals surface area contributed by atoms with E-state index in [1.807, 2.05) is 32.0 Å². The number of aromatic nitrogens is 4. The number of rotatable bonds is 5. The van der Waals surface area contributed by atoms with Crippen LogP contribution in [0.4, 0.5) is 0 Å². The summed E-state index contributed by atoms with van der Waals surface area (Å²) in [7, 11) is 0. The molecule has 8 heteroatoms. The summed E-state index contributed by atoms with van der Waals surface area (Å²) in [6, 6.07) is 5.37. The van der Waals surface area contributed by atoms with Crippen LogP contribution < -0.4 is 0 Å². The Morgan fingerprint density at radius 2 is 2.10 bits per heavy atom. The Hall–Kier alpha value is -1.28. The van der Waals surface area contributed by atoms with E-state index in [4.69, 9.17) is 5.11 Å². The van der Waals surface area contributed by atoms with Crippen molar-refractivity contribution in [3.63, 3.8) is 0 Å². The van der Waals surface area contributed by atoms with Crippen molar-refractivity contribution >= 4 is 37.8 Å². The smallest absolute Gasteiger partial charge is 0.305 e. The lowest BCUT2D eigenvalue weighted by molar-refractivity contribution is -0.138. The molecule has 0 bridgehead atoms. The quantitative estimate of drug-likeness (QED) is 0.804. The third-order valence-corrected chi connectivity index (χ3v) is 4.28. The largest absolute Gasteiger partial charge is 0.481 e. The van der Waals surface area contributed by atoms with Gasteiger partial charge in [0.2, 0.25) is 0 Å². The van der Waals surface area contributed by atoms with Gasteiger partial charge in [0.1, 0.15) is 0 Å². The molecule has 0 amide bonds. The Kier molecular flexibility index (Phi) is 5.10. The number of benzene rings is 1. The summed E-state index contributed by atoms with van der Waals surface area (Å²) in [4.78, 5) is 11.1. The van der Waals surface area contributed by atoms with Crippen molar-refractivity contribution in [2.75, 3.05) is 0 Å². The third kappa shape index (κ3) is 3.68. The fourth-order valence-electron chi connectivity index (χ4n) is 2.05. The first-order chi connectivity index (χ1) is 9.90. The van der Waals surface area contributed by atoms with Gasteiger partial charge in [0.05, 0.1) is 12.5 Å². The van der Waals surface area contributed by atoms with Gasteiger partial charge in [0, 0.05) is 14.5 Å². The Bertz CT molecular complexity index is 657. The van der Waals surface area contributed by atoms with E-state index in [9.17, 15) is 4.79 Å². The molecule has 1 aromatic heterocycles. The van der Waals surface area contributed by atoms with E-state index in [2.05, 4.69) is 47.4 Å². The Balaban J connectivity index is 2.48. The zero-order valence-corrected chi connectivity index (χ0v) is 14.7. The second kappa shape index (κ2) is 6.65. The molecule has 0 aliphatic carbocycles. The van der Waals surface area contributed by atoms with Crippen molar-refractivity contribution in [2.45, 2.75) is 26.3 Å². The first kappa shape index (κ1) is 16.1. The van der Waals surface area contributed by atoms with Crippen molar-refractivity contribution in [1.82, 2.24) is 20.2 Å². The second-order valence-electron chi connectivity index (χ2n) is 4.98. The maximum atomic E-state index is 11.1. The van der Waals surface area contributed by atoms with Crippen LogP contribution in [0.25, 0.3) is 11.4 Å². The number of carboxylic acids is 1. The zero-order chi connectivity index (χ0) is 15.6. The van der Waals surface area contributed by atoms with Crippen molar-refractivity contribution in [3.05, 3.63) is 27.1 Å². The lowest BCUT2D eigenvalue weighted by Crippen LogP contribution is -2.21. The van der Waals surface area contributed by atoms with Crippen LogP contribution in [0.2, 0.25) is 0 Å². The lowest BCUT2D eigenvalue weighted by atomic mass is 10.0. The molecule has 6 nitrogen and oxygen atoms in total. The molecule has 0 aliphatic heterocycles. The van der Waals surface area contributed by atoms with E-state index in [0.717, 1.165) is 14.5 Å². The van der Waals surface area contributed by atoms with Crippen molar-refractivity contribution < 1.29 is 9.90 Å². The number of halogens is 2. The molecule has 1 N–H and O–H groups in total. The molecule has 1 aromatic carbocycles. The van der Waals surface area contributed by atoms with Crippen LogP contribution in [-0.4, -0.2) is 31.3 Å². The minimum Gasteiger partial charge on any atom is -0.481 e. The Labute approximate surface area is 138 Å². The number of hydrogen-bond acceptors (Lipinski definition) is 4. The summed E-state index contributed by atoms with van der Waals surface area (Å²) in [5, 5.41) is 20.8. The van der Waals surface area contributed by atoms with Crippen LogP contribution in [-0.2, 0) is 4.79 Å². The molecule has 0 spiro atoms. The van der Waals surface area contributed by atoms with E-state index in [0.29, 0.717) is 5.82 Å². The first-order valence-electron chi connectivity index (χ1n) is 6.35. The fraction of sp³-hybridized carbons (Fsp3) is 0.385. The van der Waals surface area contributed by atoms with Gasteiger partial charge >= 0.3 is 5.97 Å². The van der Waals surface area contributed by atoms with Gasteiger partial charge in [-0.2, -0.15) is 0 Å². The highest BCUT2D eigenvalue weighted by molar-refractivity contribution is 9.11. The summed E-state index contributed by atoms with van der Waals surface area (Å²) < 4.78 is 3.36. The van der Waals surface area contributed by atoms with Crippen molar-refractivity contribution in [1.29, 1.82) is 0 Å². The second-order valence-corrected chi connectivity index (χ2v) is 6.75. The third-order valence-electron chi connectivity index (χ3n) is 3.13. The average Bonchev–Trinajstić information content (AvgIpc) is 2.84. The van der Waals surface area contributed by atoms with E-state index in [1.54, 1.807) is 4.68 Å². The summed E-state index contributed by atoms with van der Waals surface area (Å²) in [6.07, 6.45) is -0.0240. The monoisotopic (exact) mass is 416 g/mol. The van der Waals surface area contributed by atoms with Crippen LogP contribution in [0, 0.1) is 5.92 Å². The molecule has 2 rings (SSSR count). The minimum atomic E-state index is -0.870. The fourth-order valence-corrected chi connectivity index (χ4v) is 3.27. The van der Waals surface area contributed by atoms with E-state index < -0.39 is 5.97 Å². The number of aliphatic carboxylic acids is 1. The lowest BCUT2D eigenvalue weighted by Gasteiger charge is -2.20. The zero-order valence-electron chi connectivity index (χ0n) is 11.5. The summed E-state index contributed by atoms with van der Waals surface area (Å²) in [6.45, 7) is 3.91. The molecule has 0 saturated carbocycles. The number of hydrogen-bond donors (Lipinski definition) is 1. The highest BCUT2D eigenvalue weighted by Gasteiger charge is 2.25. The van der Waals surface area contributed by atoms with Crippen LogP contribution >= 0.6 is 31.9 Å². The number of nitrogens with zero attached hydrogens (tertiary/aromatic N) is 4. The number of tetrazole rings is 1. The summed E-state index contributed by atoms with van der Waals surface area (Å²) in [5.74, 6) is -0.225. The van der Waals surface area contributed by atoms with Crippen LogP contribution in [0.15, 0.2) is 27.1 Å². The minimum absolute atomic E-state index is 0.0240. The molecule has 112 valence electrons. The molecular formula is C13H14Br2N4O2. The topological polar surface area (TPSA) is 80.9 Å². The summed E-state index contributed by atoms with van der Waals surface area (Å²) >= 11 is 6.88. The first-order valence-corrected chi connectivity index (χ1v) is 7.93. The predicted octanol–water partition coefficient (Wildman–Crippen LogP) is 3.54. The molecule has 2 aromatic rings. The molecule has 1 heterocycles. The maximum Gasteiger partial charge on any atom is 0.305 e. The number of carboxylic acid groups (broad SMARTS) is 1. The molecule has 0 fully saturated rings. The molecule has 0 aliphatic rings. The van der Waals surface area contributed by atoms with E-state index >= 15 is 0 Å². The maximum absolute atomic E-state index is 11.1. The molecule has 1 atom stereocenters. The normalized spacial score (nSPS) is 12.6. The highest BCUT2D eigenvalue weighted by atomic mass is 79.9. The number of carbonyl (C=O) groups is 1. The molecule has 0 radical (unpaired) electrons. The standard InChI is InChI=1S/C13H14Br2N4O2/c1-7(2)11(6-12(20)21)19-13(16-17-18-19)9-4-3-8(14)5-10(9)15/h3-5,7,11H,6H2,1-2H3,(H,20,21). The van der Waals surface area contributed by atoms with Gasteiger partial charge in [-0.1, -0.05) is 29.8 Å². The van der Waals surface area contributed by atoms with Gasteiger partial charge in [-0.15, -0.1) is 5.10 Å². The average molecular weight is 418 g/mol. The van der Waals surface area contributed by atoms with Crippen LogP contribution in [0.1, 0.15) is 26.3 Å².